The van der Waals surface area contributed by atoms with Gasteiger partial charge in [-0.2, -0.15) is 0 Å². The van der Waals surface area contributed by atoms with Crippen LogP contribution in [-0.2, 0) is 6.54 Å². The minimum atomic E-state index is 0.566. The van der Waals surface area contributed by atoms with Crippen molar-refractivity contribution < 1.29 is 0 Å². The minimum Gasteiger partial charge on any atom is -0.353 e. The lowest BCUT2D eigenvalue weighted by atomic mass is 10.2. The fourth-order valence-corrected chi connectivity index (χ4v) is 1.86. The first-order chi connectivity index (χ1) is 8.58. The molecule has 1 aromatic rings. The molecule has 0 unspecified atom stereocenters. The molecule has 0 saturated heterocycles. The number of guanidine groups is 1. The van der Waals surface area contributed by atoms with Crippen molar-refractivity contribution in [1.29, 1.82) is 0 Å². The van der Waals surface area contributed by atoms with Crippen LogP contribution < -0.4 is 5.32 Å². The predicted molar refractivity (Wildman–Crippen MR) is 79.5 cm³/mol. The highest BCUT2D eigenvalue weighted by Gasteiger charge is 2.06. The van der Waals surface area contributed by atoms with Crippen molar-refractivity contribution >= 4 is 29.2 Å². The predicted octanol–water partition coefficient (Wildman–Crippen LogP) is 3.19. The molecule has 0 aliphatic heterocycles. The number of aliphatic imine (C=N–C) groups is 1. The molecule has 0 spiro atoms. The molecule has 0 amide bonds. The fraction of sp³-hybridized carbons (Fsp3) is 0.308. The molecule has 3 nitrogen and oxygen atoms in total. The minimum absolute atomic E-state index is 0.566. The highest BCUT2D eigenvalue weighted by Crippen LogP contribution is 2.23. The van der Waals surface area contributed by atoms with E-state index in [2.05, 4.69) is 16.9 Å². The average Bonchev–Trinajstić information content (AvgIpc) is 2.35. The summed E-state index contributed by atoms with van der Waals surface area (Å²) in [4.78, 5) is 6.19. The lowest BCUT2D eigenvalue weighted by molar-refractivity contribution is 0.480. The van der Waals surface area contributed by atoms with Crippen LogP contribution in [0, 0.1) is 0 Å². The van der Waals surface area contributed by atoms with Gasteiger partial charge in [0.05, 0.1) is 10.0 Å². The second kappa shape index (κ2) is 7.29. The molecule has 0 bridgehead atoms. The van der Waals surface area contributed by atoms with Crippen molar-refractivity contribution in [2.45, 2.75) is 6.54 Å². The van der Waals surface area contributed by atoms with Crippen LogP contribution in [0.3, 0.4) is 0 Å². The molecule has 1 rings (SSSR count). The molecule has 1 N–H and O–H groups in total. The quantitative estimate of drug-likeness (QED) is 0.523. The zero-order chi connectivity index (χ0) is 13.5. The van der Waals surface area contributed by atoms with Crippen molar-refractivity contribution in [3.05, 3.63) is 46.5 Å². The van der Waals surface area contributed by atoms with Crippen molar-refractivity contribution in [3.63, 3.8) is 0 Å². The van der Waals surface area contributed by atoms with E-state index in [9.17, 15) is 0 Å². The molecule has 18 heavy (non-hydrogen) atoms. The molecule has 98 valence electrons. The van der Waals surface area contributed by atoms with Crippen LogP contribution in [0.15, 0.2) is 35.8 Å². The van der Waals surface area contributed by atoms with Crippen molar-refractivity contribution in [3.8, 4) is 0 Å². The molecular weight excluding hydrogens is 269 g/mol. The highest BCUT2D eigenvalue weighted by molar-refractivity contribution is 6.42. The van der Waals surface area contributed by atoms with E-state index < -0.39 is 0 Å². The summed E-state index contributed by atoms with van der Waals surface area (Å²) in [5.41, 5.74) is 1.08. The third kappa shape index (κ3) is 4.24. The Morgan fingerprint density at radius 1 is 1.44 bits per heavy atom. The van der Waals surface area contributed by atoms with E-state index in [4.69, 9.17) is 23.2 Å². The first-order valence-corrected chi connectivity index (χ1v) is 6.30. The Bertz CT molecular complexity index is 444. The molecule has 0 saturated carbocycles. The zero-order valence-corrected chi connectivity index (χ0v) is 12.1. The van der Waals surface area contributed by atoms with Gasteiger partial charge in [0.2, 0.25) is 0 Å². The van der Waals surface area contributed by atoms with Crippen LogP contribution in [-0.4, -0.2) is 31.5 Å². The Morgan fingerprint density at radius 3 is 2.72 bits per heavy atom. The van der Waals surface area contributed by atoms with E-state index in [0.29, 0.717) is 23.1 Å². The SMILES string of the molecule is C=CCNC(=NC)N(C)Cc1ccc(Cl)c(Cl)c1. The van der Waals surface area contributed by atoms with Crippen LogP contribution in [0.5, 0.6) is 0 Å². The normalized spacial score (nSPS) is 11.2. The van der Waals surface area contributed by atoms with E-state index >= 15 is 0 Å². The van der Waals surface area contributed by atoms with E-state index in [1.165, 1.54) is 0 Å². The van der Waals surface area contributed by atoms with Gasteiger partial charge >= 0.3 is 0 Å². The van der Waals surface area contributed by atoms with Gasteiger partial charge in [0.15, 0.2) is 5.96 Å². The number of nitrogens with zero attached hydrogens (tertiary/aromatic N) is 2. The van der Waals surface area contributed by atoms with Gasteiger partial charge < -0.3 is 10.2 Å². The van der Waals surface area contributed by atoms with Crippen LogP contribution in [0.1, 0.15) is 5.56 Å². The van der Waals surface area contributed by atoms with Gasteiger partial charge in [-0.1, -0.05) is 35.3 Å². The van der Waals surface area contributed by atoms with E-state index in [1.54, 1.807) is 19.2 Å². The first-order valence-electron chi connectivity index (χ1n) is 5.55. The molecule has 0 radical (unpaired) electrons. The van der Waals surface area contributed by atoms with Gasteiger partial charge in [0.25, 0.3) is 0 Å². The molecule has 0 aliphatic carbocycles. The summed E-state index contributed by atoms with van der Waals surface area (Å²) in [5, 5.41) is 4.30. The van der Waals surface area contributed by atoms with Gasteiger partial charge in [-0.3, -0.25) is 4.99 Å². The van der Waals surface area contributed by atoms with Crippen LogP contribution >= 0.6 is 23.2 Å². The lowest BCUT2D eigenvalue weighted by Gasteiger charge is -2.21. The standard InChI is InChI=1S/C13H17Cl2N3/c1-4-7-17-13(16-2)18(3)9-10-5-6-11(14)12(15)8-10/h4-6,8H,1,7,9H2,2-3H3,(H,16,17). The molecule has 0 fully saturated rings. The summed E-state index contributed by atoms with van der Waals surface area (Å²) in [5.74, 6) is 0.806. The van der Waals surface area contributed by atoms with Crippen LogP contribution in [0.25, 0.3) is 0 Å². The molecule has 0 atom stereocenters. The second-order valence-electron chi connectivity index (χ2n) is 3.82. The highest BCUT2D eigenvalue weighted by atomic mass is 35.5. The molecular formula is C13H17Cl2N3. The molecule has 5 heteroatoms. The van der Waals surface area contributed by atoms with E-state index in [-0.39, 0.29) is 0 Å². The van der Waals surface area contributed by atoms with E-state index in [0.717, 1.165) is 11.5 Å². The van der Waals surface area contributed by atoms with Gasteiger partial charge in [-0.05, 0) is 17.7 Å². The Balaban J connectivity index is 2.70. The monoisotopic (exact) mass is 285 g/mol. The summed E-state index contributed by atoms with van der Waals surface area (Å²) in [7, 11) is 3.71. The fourth-order valence-electron chi connectivity index (χ4n) is 1.53. The van der Waals surface area contributed by atoms with Crippen molar-refractivity contribution in [1.82, 2.24) is 10.2 Å². The Morgan fingerprint density at radius 2 is 2.17 bits per heavy atom. The maximum atomic E-state index is 5.98. The molecule has 0 aromatic heterocycles. The summed E-state index contributed by atoms with van der Waals surface area (Å²) < 4.78 is 0. The number of hydrogen-bond donors (Lipinski definition) is 1. The van der Waals surface area contributed by atoms with Crippen molar-refractivity contribution in [2.24, 2.45) is 4.99 Å². The Kier molecular flexibility index (Phi) is 6.02. The Hall–Kier alpha value is -1.19. The van der Waals surface area contributed by atoms with Gasteiger partial charge in [0.1, 0.15) is 0 Å². The first kappa shape index (κ1) is 14.9. The van der Waals surface area contributed by atoms with Crippen LogP contribution in [0.2, 0.25) is 10.0 Å². The Labute approximate surface area is 118 Å². The van der Waals surface area contributed by atoms with Gasteiger partial charge in [0, 0.05) is 27.2 Å². The van der Waals surface area contributed by atoms with E-state index in [1.807, 2.05) is 24.1 Å². The number of hydrogen-bond acceptors (Lipinski definition) is 1. The lowest BCUT2D eigenvalue weighted by Crippen LogP contribution is -2.38. The number of rotatable bonds is 4. The number of halogens is 2. The van der Waals surface area contributed by atoms with Crippen LogP contribution in [0.4, 0.5) is 0 Å². The molecule has 1 aromatic carbocycles. The largest absolute Gasteiger partial charge is 0.353 e. The maximum absolute atomic E-state index is 5.98. The number of nitrogens with one attached hydrogen (secondary N) is 1. The summed E-state index contributed by atoms with van der Waals surface area (Å²) in [6.07, 6.45) is 1.79. The smallest absolute Gasteiger partial charge is 0.193 e. The molecule has 0 heterocycles. The zero-order valence-electron chi connectivity index (χ0n) is 10.6. The second-order valence-corrected chi connectivity index (χ2v) is 4.64. The summed E-state index contributed by atoms with van der Waals surface area (Å²) >= 11 is 11.9. The summed E-state index contributed by atoms with van der Waals surface area (Å²) in [6, 6.07) is 5.61. The third-order valence-electron chi connectivity index (χ3n) is 2.38. The molecule has 0 aliphatic rings. The topological polar surface area (TPSA) is 27.6 Å². The summed E-state index contributed by atoms with van der Waals surface area (Å²) in [6.45, 7) is 5.04. The average molecular weight is 286 g/mol. The van der Waals surface area contributed by atoms with Gasteiger partial charge in [-0.15, -0.1) is 6.58 Å². The number of benzene rings is 1. The maximum Gasteiger partial charge on any atom is 0.193 e. The third-order valence-corrected chi connectivity index (χ3v) is 3.12. The van der Waals surface area contributed by atoms with Gasteiger partial charge in [-0.25, -0.2) is 0 Å². The van der Waals surface area contributed by atoms with Crippen molar-refractivity contribution in [2.75, 3.05) is 20.6 Å².